The maximum absolute atomic E-state index is 13.8. The van der Waals surface area contributed by atoms with Gasteiger partial charge in [0.2, 0.25) is 29.5 Å². The number of hydrogen-bond donors (Lipinski definition) is 5. The molecule has 0 aromatic heterocycles. The molecular formula is C32H57N5O8. The number of unbranched alkanes of at least 4 members (excludes halogenated alkanes) is 3. The Kier molecular flexibility index (Phi) is 17.7. The van der Waals surface area contributed by atoms with Crippen molar-refractivity contribution in [2.24, 2.45) is 17.8 Å². The lowest BCUT2D eigenvalue weighted by Gasteiger charge is -2.34. The van der Waals surface area contributed by atoms with E-state index >= 15 is 0 Å². The number of amides is 5. The van der Waals surface area contributed by atoms with Crippen molar-refractivity contribution in [3.63, 3.8) is 0 Å². The fourth-order valence-corrected chi connectivity index (χ4v) is 5.23. The molecule has 0 bridgehead atoms. The number of cyclic esters (lactones) is 1. The highest BCUT2D eigenvalue weighted by Crippen LogP contribution is 2.22. The number of hydrogen-bond acceptors (Lipinski definition) is 8. The first-order valence-corrected chi connectivity index (χ1v) is 16.5. The van der Waals surface area contributed by atoms with Crippen LogP contribution in [0.5, 0.6) is 0 Å². The summed E-state index contributed by atoms with van der Waals surface area (Å²) in [6.07, 6.45) is 4.22. The number of esters is 1. The molecule has 1 rings (SSSR count). The Morgan fingerprint density at radius 1 is 0.867 bits per heavy atom. The van der Waals surface area contributed by atoms with Crippen molar-refractivity contribution in [3.8, 4) is 0 Å². The Bertz CT molecular complexity index is 1010. The van der Waals surface area contributed by atoms with Crippen LogP contribution in [-0.2, 0) is 33.5 Å². The number of nitrogens with one attached hydrogen (secondary N) is 4. The smallest absolute Gasteiger partial charge is 0.325 e. The molecule has 0 aliphatic carbocycles. The molecule has 0 aromatic rings. The molecule has 1 aliphatic rings. The van der Waals surface area contributed by atoms with Gasteiger partial charge in [-0.15, -0.1) is 0 Å². The summed E-state index contributed by atoms with van der Waals surface area (Å²) in [5.41, 5.74) is 0. The van der Waals surface area contributed by atoms with Gasteiger partial charge in [0.15, 0.2) is 0 Å². The summed E-state index contributed by atoms with van der Waals surface area (Å²) < 4.78 is 5.74. The molecule has 1 saturated heterocycles. The van der Waals surface area contributed by atoms with Gasteiger partial charge in [0.05, 0.1) is 12.5 Å². The number of ether oxygens (including phenoxy) is 1. The van der Waals surface area contributed by atoms with Gasteiger partial charge in [-0.2, -0.15) is 0 Å². The summed E-state index contributed by atoms with van der Waals surface area (Å²) in [5, 5.41) is 20.2. The summed E-state index contributed by atoms with van der Waals surface area (Å²) in [7, 11) is 1.53. The molecule has 258 valence electrons. The van der Waals surface area contributed by atoms with Crippen molar-refractivity contribution >= 4 is 35.5 Å². The van der Waals surface area contributed by atoms with Crippen LogP contribution in [-0.4, -0.2) is 96.0 Å². The molecule has 0 unspecified atom stereocenters. The lowest BCUT2D eigenvalue weighted by atomic mass is 9.94. The third kappa shape index (κ3) is 12.6. The Balaban J connectivity index is 3.57. The maximum Gasteiger partial charge on any atom is 0.325 e. The SMILES string of the molecule is CCCCCC[C@H]1OC(=O)CNC(=O)[C@@H](CC)NC(=O)[C@H](CO)NC(=O)[C@H]([C@H](C)CC)NC(=O)[C@H](CC(C)C)N(C)C(=O)[C@@H]1C. The number of aliphatic hydroxyl groups excluding tert-OH is 1. The zero-order valence-electron chi connectivity index (χ0n) is 28.4. The third-order valence-electron chi connectivity index (χ3n) is 8.44. The molecule has 5 N–H and O–H groups in total. The average molecular weight is 640 g/mol. The van der Waals surface area contributed by atoms with E-state index in [0.717, 1.165) is 25.7 Å². The molecule has 0 saturated carbocycles. The molecule has 45 heavy (non-hydrogen) atoms. The van der Waals surface area contributed by atoms with Crippen molar-refractivity contribution < 1.29 is 38.6 Å². The number of rotatable bonds is 11. The molecule has 1 fully saturated rings. The van der Waals surface area contributed by atoms with E-state index in [1.165, 1.54) is 11.9 Å². The standard InChI is InChI=1S/C32H57N5O8/c1-9-12-13-14-15-25-21(7)32(44)37(8)24(16-19(4)5)30(42)36-27(20(6)10-2)31(43)35-23(18-38)29(41)34-22(11-3)28(40)33-17-26(39)45-25/h19-25,27,38H,9-18H2,1-8H3,(H,33,40)(H,34,41)(H,35,43)(H,36,42)/t20-,21-,22-,23+,24+,25-,27+/m1/s1. The predicted molar refractivity (Wildman–Crippen MR) is 169 cm³/mol. The van der Waals surface area contributed by atoms with E-state index in [-0.39, 0.29) is 18.3 Å². The summed E-state index contributed by atoms with van der Waals surface area (Å²) >= 11 is 0. The summed E-state index contributed by atoms with van der Waals surface area (Å²) in [4.78, 5) is 81.2. The van der Waals surface area contributed by atoms with E-state index in [0.29, 0.717) is 19.3 Å². The van der Waals surface area contributed by atoms with E-state index in [2.05, 4.69) is 28.2 Å². The number of likely N-dealkylation sites (N-methyl/N-ethyl adjacent to an activating group) is 1. The van der Waals surface area contributed by atoms with E-state index in [9.17, 15) is 33.9 Å². The van der Waals surface area contributed by atoms with Crippen LogP contribution < -0.4 is 21.3 Å². The Morgan fingerprint density at radius 2 is 1.51 bits per heavy atom. The topological polar surface area (TPSA) is 183 Å². The van der Waals surface area contributed by atoms with Crippen LogP contribution in [0.25, 0.3) is 0 Å². The molecule has 13 heteroatoms. The van der Waals surface area contributed by atoms with Gasteiger partial charge in [-0.1, -0.05) is 74.1 Å². The van der Waals surface area contributed by atoms with Crippen molar-refractivity contribution in [3.05, 3.63) is 0 Å². The summed E-state index contributed by atoms with van der Waals surface area (Å²) in [6, 6.07) is -4.46. The summed E-state index contributed by atoms with van der Waals surface area (Å²) in [6.45, 7) is 11.6. The maximum atomic E-state index is 13.8. The number of carbonyl (C=O) groups is 6. The monoisotopic (exact) mass is 639 g/mol. The predicted octanol–water partition coefficient (Wildman–Crippen LogP) is 1.41. The van der Waals surface area contributed by atoms with E-state index < -0.39 is 84.8 Å². The first-order chi connectivity index (χ1) is 21.2. The van der Waals surface area contributed by atoms with Gasteiger partial charge in [-0.05, 0) is 37.5 Å². The van der Waals surface area contributed by atoms with Crippen molar-refractivity contribution in [1.29, 1.82) is 0 Å². The Morgan fingerprint density at radius 3 is 2.07 bits per heavy atom. The van der Waals surface area contributed by atoms with Gasteiger partial charge in [-0.3, -0.25) is 28.8 Å². The van der Waals surface area contributed by atoms with E-state index in [1.807, 2.05) is 20.8 Å². The Hall–Kier alpha value is -3.22. The minimum atomic E-state index is -1.40. The van der Waals surface area contributed by atoms with Crippen LogP contribution in [0.3, 0.4) is 0 Å². The molecule has 0 spiro atoms. The van der Waals surface area contributed by atoms with Gasteiger partial charge < -0.3 is 36.0 Å². The largest absolute Gasteiger partial charge is 0.460 e. The van der Waals surface area contributed by atoms with Crippen molar-refractivity contribution in [2.75, 3.05) is 20.2 Å². The number of nitrogens with zero attached hydrogens (tertiary/aromatic N) is 1. The van der Waals surface area contributed by atoms with Crippen LogP contribution in [0, 0.1) is 17.8 Å². The molecule has 1 heterocycles. The zero-order chi connectivity index (χ0) is 34.3. The average Bonchev–Trinajstić information content (AvgIpc) is 3.01. The van der Waals surface area contributed by atoms with E-state index in [1.54, 1.807) is 20.8 Å². The molecule has 7 atom stereocenters. The van der Waals surface area contributed by atoms with E-state index in [4.69, 9.17) is 4.74 Å². The molecule has 5 amide bonds. The molecule has 13 nitrogen and oxygen atoms in total. The highest BCUT2D eigenvalue weighted by Gasteiger charge is 2.38. The minimum absolute atomic E-state index is 0.0176. The normalized spacial score (nSPS) is 27.4. The summed E-state index contributed by atoms with van der Waals surface area (Å²) in [5.74, 6) is -4.92. The second-order valence-corrected chi connectivity index (χ2v) is 12.6. The molecule has 1 aliphatic heterocycles. The Labute approximate surface area is 268 Å². The molecule has 0 radical (unpaired) electrons. The van der Waals surface area contributed by atoms with Gasteiger partial charge in [0.1, 0.15) is 36.8 Å². The van der Waals surface area contributed by atoms with Crippen LogP contribution in [0.4, 0.5) is 0 Å². The number of aliphatic hydroxyl groups is 1. The second kappa shape index (κ2) is 20.0. The van der Waals surface area contributed by atoms with Crippen molar-refractivity contribution in [2.45, 2.75) is 130 Å². The highest BCUT2D eigenvalue weighted by molar-refractivity contribution is 5.96. The van der Waals surface area contributed by atoms with Crippen molar-refractivity contribution in [1.82, 2.24) is 26.2 Å². The van der Waals surface area contributed by atoms with Crippen LogP contribution in [0.1, 0.15) is 99.8 Å². The molecular weight excluding hydrogens is 582 g/mol. The first-order valence-electron chi connectivity index (χ1n) is 16.5. The first kappa shape index (κ1) is 39.8. The van der Waals surface area contributed by atoms with Gasteiger partial charge in [0.25, 0.3) is 0 Å². The van der Waals surface area contributed by atoms with Gasteiger partial charge in [0, 0.05) is 7.05 Å². The quantitative estimate of drug-likeness (QED) is 0.166. The minimum Gasteiger partial charge on any atom is -0.460 e. The fraction of sp³-hybridized carbons (Fsp3) is 0.812. The lowest BCUT2D eigenvalue weighted by Crippen LogP contribution is -2.60. The zero-order valence-corrected chi connectivity index (χ0v) is 28.4. The van der Waals surface area contributed by atoms with Gasteiger partial charge >= 0.3 is 5.97 Å². The lowest BCUT2D eigenvalue weighted by molar-refractivity contribution is -0.157. The molecule has 0 aromatic carbocycles. The third-order valence-corrected chi connectivity index (χ3v) is 8.44. The van der Waals surface area contributed by atoms with Crippen LogP contribution >= 0.6 is 0 Å². The fourth-order valence-electron chi connectivity index (χ4n) is 5.23. The number of carbonyl (C=O) groups excluding carboxylic acids is 6. The second-order valence-electron chi connectivity index (χ2n) is 12.6. The van der Waals surface area contributed by atoms with Gasteiger partial charge in [-0.25, -0.2) is 0 Å². The van der Waals surface area contributed by atoms with Crippen LogP contribution in [0.15, 0.2) is 0 Å². The van der Waals surface area contributed by atoms with Crippen LogP contribution in [0.2, 0.25) is 0 Å². The highest BCUT2D eigenvalue weighted by atomic mass is 16.5.